The van der Waals surface area contributed by atoms with Gasteiger partial charge in [0.2, 0.25) is 0 Å². The molecule has 0 bridgehead atoms. The average Bonchev–Trinajstić information content (AvgIpc) is 2.58. The van der Waals surface area contributed by atoms with Crippen LogP contribution in [-0.2, 0) is 4.74 Å². The van der Waals surface area contributed by atoms with E-state index in [4.69, 9.17) is 0 Å². The molecule has 0 atom stereocenters. The minimum absolute atomic E-state index is 0.775. The highest BCUT2D eigenvalue weighted by atomic mass is 16.4. The standard InChI is InChI=1S/C7H15N.C3H8.C2H6O/c1-7(2)8-5-3-4-6-8;2*1-3-2/h7H,3-6H2,1-2H3;3H2,1-2H3;1-2H3. The van der Waals surface area contributed by atoms with E-state index in [0.717, 1.165) is 6.04 Å². The van der Waals surface area contributed by atoms with E-state index in [0.29, 0.717) is 0 Å². The molecule has 2 nitrogen and oxygen atoms in total. The van der Waals surface area contributed by atoms with Crippen LogP contribution in [0.15, 0.2) is 0 Å². The Balaban J connectivity index is 0. The predicted molar refractivity (Wildman–Crippen MR) is 64.8 cm³/mol. The fourth-order valence-corrected chi connectivity index (χ4v) is 1.26. The molecule has 1 heterocycles. The molecule has 2 heteroatoms. The lowest BCUT2D eigenvalue weighted by molar-refractivity contribution is 0.276. The third-order valence-electron chi connectivity index (χ3n) is 1.87. The summed E-state index contributed by atoms with van der Waals surface area (Å²) in [6, 6.07) is 0.775. The average molecular weight is 203 g/mol. The van der Waals surface area contributed by atoms with Crippen molar-refractivity contribution in [1.82, 2.24) is 4.90 Å². The molecule has 0 radical (unpaired) electrons. The normalized spacial score (nSPS) is 15.6. The molecule has 0 N–H and O–H groups in total. The molecule has 1 rings (SSSR count). The summed E-state index contributed by atoms with van der Waals surface area (Å²) in [5.41, 5.74) is 0. The summed E-state index contributed by atoms with van der Waals surface area (Å²) >= 11 is 0. The molecule has 14 heavy (non-hydrogen) atoms. The van der Waals surface area contributed by atoms with Gasteiger partial charge in [0.1, 0.15) is 0 Å². The first-order valence-electron chi connectivity index (χ1n) is 5.78. The monoisotopic (exact) mass is 203 g/mol. The van der Waals surface area contributed by atoms with Gasteiger partial charge in [-0.1, -0.05) is 20.3 Å². The van der Waals surface area contributed by atoms with Gasteiger partial charge in [0.25, 0.3) is 0 Å². The topological polar surface area (TPSA) is 12.5 Å². The zero-order valence-corrected chi connectivity index (χ0v) is 11.0. The molecule has 0 unspecified atom stereocenters. The van der Waals surface area contributed by atoms with Crippen molar-refractivity contribution in [3.63, 3.8) is 0 Å². The number of nitrogens with zero attached hydrogens (tertiary/aromatic N) is 1. The lowest BCUT2D eigenvalue weighted by Gasteiger charge is -2.18. The lowest BCUT2D eigenvalue weighted by atomic mass is 10.3. The molecule has 1 aliphatic heterocycles. The third-order valence-corrected chi connectivity index (χ3v) is 1.87. The van der Waals surface area contributed by atoms with E-state index in [1.807, 2.05) is 0 Å². The van der Waals surface area contributed by atoms with Gasteiger partial charge in [-0.05, 0) is 39.8 Å². The number of ether oxygens (including phenoxy) is 1. The molecule has 0 aliphatic carbocycles. The van der Waals surface area contributed by atoms with Gasteiger partial charge in [-0.15, -0.1) is 0 Å². The zero-order chi connectivity index (χ0) is 11.4. The Labute approximate surface area is 90.6 Å². The van der Waals surface area contributed by atoms with Crippen LogP contribution >= 0.6 is 0 Å². The molecular formula is C12H29NO. The maximum atomic E-state index is 4.25. The highest BCUT2D eigenvalue weighted by Crippen LogP contribution is 2.09. The van der Waals surface area contributed by atoms with E-state index in [1.54, 1.807) is 14.2 Å². The Hall–Kier alpha value is -0.0800. The van der Waals surface area contributed by atoms with Gasteiger partial charge < -0.3 is 9.64 Å². The van der Waals surface area contributed by atoms with Crippen LogP contribution in [0.25, 0.3) is 0 Å². The van der Waals surface area contributed by atoms with Crippen LogP contribution in [0.2, 0.25) is 0 Å². The van der Waals surface area contributed by atoms with Crippen LogP contribution in [0.1, 0.15) is 47.0 Å². The highest BCUT2D eigenvalue weighted by molar-refractivity contribution is 4.68. The van der Waals surface area contributed by atoms with Crippen LogP contribution in [0.4, 0.5) is 0 Å². The fourth-order valence-electron chi connectivity index (χ4n) is 1.26. The first-order chi connectivity index (χ1) is 6.63. The predicted octanol–water partition coefficient (Wildman–Crippen LogP) is 3.17. The Bertz CT molecular complexity index is 86.3. The van der Waals surface area contributed by atoms with Crippen molar-refractivity contribution in [1.29, 1.82) is 0 Å². The summed E-state index contributed by atoms with van der Waals surface area (Å²) in [4.78, 5) is 2.53. The van der Waals surface area contributed by atoms with Crippen LogP contribution in [-0.4, -0.2) is 38.3 Å². The molecule has 0 spiro atoms. The van der Waals surface area contributed by atoms with Crippen molar-refractivity contribution in [2.24, 2.45) is 0 Å². The first-order valence-corrected chi connectivity index (χ1v) is 5.78. The molecule has 0 saturated carbocycles. The van der Waals surface area contributed by atoms with Gasteiger partial charge in [0.15, 0.2) is 0 Å². The smallest absolute Gasteiger partial charge is 0.0351 e. The second-order valence-electron chi connectivity index (χ2n) is 3.95. The molecule has 1 aliphatic rings. The summed E-state index contributed by atoms with van der Waals surface area (Å²) in [7, 11) is 3.25. The molecule has 0 amide bonds. The minimum Gasteiger partial charge on any atom is -0.388 e. The number of hydrogen-bond acceptors (Lipinski definition) is 2. The fraction of sp³-hybridized carbons (Fsp3) is 1.00. The van der Waals surface area contributed by atoms with E-state index in [9.17, 15) is 0 Å². The van der Waals surface area contributed by atoms with Gasteiger partial charge in [0.05, 0.1) is 0 Å². The van der Waals surface area contributed by atoms with E-state index >= 15 is 0 Å². The van der Waals surface area contributed by atoms with Gasteiger partial charge >= 0.3 is 0 Å². The second kappa shape index (κ2) is 12.9. The highest BCUT2D eigenvalue weighted by Gasteiger charge is 2.13. The van der Waals surface area contributed by atoms with Crippen molar-refractivity contribution in [2.75, 3.05) is 27.3 Å². The van der Waals surface area contributed by atoms with E-state index < -0.39 is 0 Å². The number of hydrogen-bond donors (Lipinski definition) is 0. The molecular weight excluding hydrogens is 174 g/mol. The summed E-state index contributed by atoms with van der Waals surface area (Å²) in [6.07, 6.45) is 4.08. The lowest BCUT2D eigenvalue weighted by Crippen LogP contribution is -2.26. The molecule has 0 aromatic carbocycles. The first kappa shape index (κ1) is 16.4. The summed E-state index contributed by atoms with van der Waals surface area (Å²) < 4.78 is 4.25. The largest absolute Gasteiger partial charge is 0.388 e. The Morgan fingerprint density at radius 3 is 1.50 bits per heavy atom. The van der Waals surface area contributed by atoms with Crippen molar-refractivity contribution in [2.45, 2.75) is 53.0 Å². The van der Waals surface area contributed by atoms with Crippen molar-refractivity contribution >= 4 is 0 Å². The zero-order valence-electron chi connectivity index (χ0n) is 11.0. The SMILES string of the molecule is CC(C)N1CCCC1.CCC.COC. The number of rotatable bonds is 1. The van der Waals surface area contributed by atoms with E-state index in [2.05, 4.69) is 37.3 Å². The van der Waals surface area contributed by atoms with Crippen LogP contribution in [0.5, 0.6) is 0 Å². The molecule has 0 aromatic rings. The van der Waals surface area contributed by atoms with Crippen LogP contribution < -0.4 is 0 Å². The molecule has 1 saturated heterocycles. The molecule has 0 aromatic heterocycles. The van der Waals surface area contributed by atoms with Crippen molar-refractivity contribution in [3.8, 4) is 0 Å². The molecule has 1 fully saturated rings. The number of likely N-dealkylation sites (tertiary alicyclic amines) is 1. The Morgan fingerprint density at radius 2 is 1.36 bits per heavy atom. The Kier molecular flexibility index (Phi) is 15.1. The maximum absolute atomic E-state index is 4.25. The van der Waals surface area contributed by atoms with Gasteiger partial charge in [0, 0.05) is 20.3 Å². The van der Waals surface area contributed by atoms with Crippen LogP contribution in [0.3, 0.4) is 0 Å². The van der Waals surface area contributed by atoms with Gasteiger partial charge in [-0.2, -0.15) is 0 Å². The van der Waals surface area contributed by atoms with Gasteiger partial charge in [-0.25, -0.2) is 0 Å². The van der Waals surface area contributed by atoms with Crippen molar-refractivity contribution < 1.29 is 4.74 Å². The quantitative estimate of drug-likeness (QED) is 0.649. The second-order valence-corrected chi connectivity index (χ2v) is 3.95. The Morgan fingerprint density at radius 1 is 1.07 bits per heavy atom. The number of methoxy groups -OCH3 is 1. The molecule has 88 valence electrons. The summed E-state index contributed by atoms with van der Waals surface area (Å²) in [5, 5.41) is 0. The van der Waals surface area contributed by atoms with Gasteiger partial charge in [-0.3, -0.25) is 0 Å². The van der Waals surface area contributed by atoms with E-state index in [1.165, 1.54) is 32.4 Å². The summed E-state index contributed by atoms with van der Waals surface area (Å²) in [5.74, 6) is 0. The minimum atomic E-state index is 0.775. The maximum Gasteiger partial charge on any atom is 0.0351 e. The van der Waals surface area contributed by atoms with E-state index in [-0.39, 0.29) is 0 Å². The summed E-state index contributed by atoms with van der Waals surface area (Å²) in [6.45, 7) is 11.5. The third kappa shape index (κ3) is 11.9. The van der Waals surface area contributed by atoms with Crippen molar-refractivity contribution in [3.05, 3.63) is 0 Å². The van der Waals surface area contributed by atoms with Crippen LogP contribution in [0, 0.1) is 0 Å².